The van der Waals surface area contributed by atoms with Gasteiger partial charge in [-0.1, -0.05) is 197 Å². The van der Waals surface area contributed by atoms with Crippen LogP contribution in [-0.4, -0.2) is 74.9 Å². The van der Waals surface area contributed by atoms with E-state index >= 15 is 0 Å². The molecule has 0 aliphatic rings. The van der Waals surface area contributed by atoms with Crippen molar-refractivity contribution >= 4 is 19.8 Å². The number of nitrogens with zero attached hydrogens (tertiary/aromatic N) is 1. The first-order chi connectivity index (χ1) is 31.5. The molecule has 0 rings (SSSR count). The lowest BCUT2D eigenvalue weighted by atomic mass is 10.1. The van der Waals surface area contributed by atoms with Crippen LogP contribution in [0.2, 0.25) is 0 Å². The Balaban J connectivity index is 4.25. The molecule has 0 fully saturated rings. The number of allylic oxidation sites excluding steroid dienone is 8. The summed E-state index contributed by atoms with van der Waals surface area (Å²) < 4.78 is 34.5. The molecule has 0 saturated carbocycles. The third-order valence-corrected chi connectivity index (χ3v) is 12.6. The second kappa shape index (κ2) is 47.1. The van der Waals surface area contributed by atoms with E-state index in [2.05, 4.69) is 62.5 Å². The number of hydrogen-bond acceptors (Lipinski definition) is 7. The van der Waals surface area contributed by atoms with Crippen molar-refractivity contribution in [1.29, 1.82) is 0 Å². The van der Waals surface area contributed by atoms with E-state index in [1.54, 1.807) is 0 Å². The molecule has 65 heavy (non-hydrogen) atoms. The molecular formula is C55H103NO8P+. The molecule has 0 bridgehead atoms. The summed E-state index contributed by atoms with van der Waals surface area (Å²) in [7, 11) is 1.47. The molecule has 2 unspecified atom stereocenters. The molecule has 2 atom stereocenters. The van der Waals surface area contributed by atoms with Gasteiger partial charge in [0.15, 0.2) is 6.10 Å². The number of carbonyl (C=O) groups excluding carboxylic acids is 2. The van der Waals surface area contributed by atoms with Crippen molar-refractivity contribution in [3.05, 3.63) is 48.6 Å². The Morgan fingerprint density at radius 1 is 0.477 bits per heavy atom. The van der Waals surface area contributed by atoms with Gasteiger partial charge in [0, 0.05) is 12.8 Å². The second-order valence-corrected chi connectivity index (χ2v) is 20.7. The Labute approximate surface area is 401 Å². The molecule has 0 amide bonds. The predicted molar refractivity (Wildman–Crippen MR) is 275 cm³/mol. The van der Waals surface area contributed by atoms with Gasteiger partial charge in [-0.15, -0.1) is 0 Å². The molecule has 380 valence electrons. The van der Waals surface area contributed by atoms with E-state index < -0.39 is 26.5 Å². The highest BCUT2D eigenvalue weighted by Gasteiger charge is 2.27. The highest BCUT2D eigenvalue weighted by Crippen LogP contribution is 2.43. The van der Waals surface area contributed by atoms with Gasteiger partial charge in [0.1, 0.15) is 19.8 Å². The summed E-state index contributed by atoms with van der Waals surface area (Å²) in [6, 6.07) is 0. The maximum absolute atomic E-state index is 12.8. The SMILES string of the molecule is CCCCCCC/C=C\C/C=C\C/C=C\CCCCCCCCCCC(=O)OC(COC(=O)CCCCCCCCC/C=C\CCCCCCCCC)COP(=O)(O)OCC[N+](C)(C)C. The quantitative estimate of drug-likeness (QED) is 0.0211. The molecule has 0 aromatic carbocycles. The lowest BCUT2D eigenvalue weighted by molar-refractivity contribution is -0.870. The van der Waals surface area contributed by atoms with Crippen molar-refractivity contribution < 1.29 is 42.1 Å². The number of likely N-dealkylation sites (N-methyl/N-ethyl adjacent to an activating group) is 1. The fourth-order valence-electron chi connectivity index (χ4n) is 7.37. The molecule has 10 heteroatoms. The number of ether oxygens (including phenoxy) is 2. The summed E-state index contributed by atoms with van der Waals surface area (Å²) >= 11 is 0. The van der Waals surface area contributed by atoms with Gasteiger partial charge < -0.3 is 18.9 Å². The van der Waals surface area contributed by atoms with Crippen LogP contribution in [0, 0.1) is 0 Å². The number of unbranched alkanes of at least 4 members (excludes halogenated alkanes) is 27. The average Bonchev–Trinajstić information content (AvgIpc) is 3.26. The van der Waals surface area contributed by atoms with Gasteiger partial charge in [-0.2, -0.15) is 0 Å². The fourth-order valence-corrected chi connectivity index (χ4v) is 8.11. The van der Waals surface area contributed by atoms with E-state index in [1.165, 1.54) is 148 Å². The molecule has 0 aliphatic carbocycles. The third kappa shape index (κ3) is 51.2. The first kappa shape index (κ1) is 63.0. The zero-order chi connectivity index (χ0) is 47.8. The predicted octanol–water partition coefficient (Wildman–Crippen LogP) is 16.2. The Morgan fingerprint density at radius 3 is 1.25 bits per heavy atom. The van der Waals surface area contributed by atoms with Crippen molar-refractivity contribution in [1.82, 2.24) is 0 Å². The summed E-state index contributed by atoms with van der Waals surface area (Å²) in [6.45, 7) is 4.42. The van der Waals surface area contributed by atoms with Crippen molar-refractivity contribution in [2.24, 2.45) is 0 Å². The van der Waals surface area contributed by atoms with Crippen LogP contribution >= 0.6 is 7.82 Å². The van der Waals surface area contributed by atoms with Crippen LogP contribution in [0.25, 0.3) is 0 Å². The maximum Gasteiger partial charge on any atom is 0.472 e. The monoisotopic (exact) mass is 937 g/mol. The van der Waals surface area contributed by atoms with Gasteiger partial charge >= 0.3 is 19.8 Å². The fraction of sp³-hybridized carbons (Fsp3) is 0.818. The summed E-state index contributed by atoms with van der Waals surface area (Å²) in [5, 5.41) is 0. The molecule has 0 heterocycles. The first-order valence-electron chi connectivity index (χ1n) is 26.9. The summed E-state index contributed by atoms with van der Waals surface area (Å²) in [6.07, 6.45) is 57.3. The minimum Gasteiger partial charge on any atom is -0.462 e. The topological polar surface area (TPSA) is 108 Å². The lowest BCUT2D eigenvalue weighted by Gasteiger charge is -2.24. The highest BCUT2D eigenvalue weighted by molar-refractivity contribution is 7.47. The maximum atomic E-state index is 12.8. The smallest absolute Gasteiger partial charge is 0.462 e. The lowest BCUT2D eigenvalue weighted by Crippen LogP contribution is -2.37. The van der Waals surface area contributed by atoms with E-state index in [1.807, 2.05) is 21.1 Å². The normalized spacial score (nSPS) is 13.8. The zero-order valence-electron chi connectivity index (χ0n) is 43.0. The van der Waals surface area contributed by atoms with Crippen LogP contribution < -0.4 is 0 Å². The standard InChI is InChI=1S/C55H102NO8P/c1-6-8-10-12-14-16-18-20-22-24-26-27-28-29-30-32-34-36-38-40-42-44-46-48-55(58)64-53(52-63-65(59,60)62-50-49-56(3,4)5)51-61-54(57)47-45-43-41-39-37-35-33-31-25-23-21-19-17-15-13-11-9-7-2/h18,20,23-26,28-29,53H,6-17,19,21-22,27,30-52H2,1-5H3/p+1/b20-18-,25-23-,26-24-,29-28-. The van der Waals surface area contributed by atoms with Crippen LogP contribution in [0.4, 0.5) is 0 Å². The molecule has 9 nitrogen and oxygen atoms in total. The molecule has 0 aliphatic heterocycles. The number of rotatable bonds is 49. The van der Waals surface area contributed by atoms with Gasteiger partial charge in [0.25, 0.3) is 0 Å². The van der Waals surface area contributed by atoms with Crippen molar-refractivity contribution in [2.75, 3.05) is 47.5 Å². The largest absolute Gasteiger partial charge is 0.472 e. The minimum absolute atomic E-state index is 0.0286. The minimum atomic E-state index is -4.39. The zero-order valence-corrected chi connectivity index (χ0v) is 43.9. The number of quaternary nitrogens is 1. The van der Waals surface area contributed by atoms with Crippen molar-refractivity contribution in [2.45, 2.75) is 245 Å². The van der Waals surface area contributed by atoms with E-state index in [9.17, 15) is 19.0 Å². The summed E-state index contributed by atoms with van der Waals surface area (Å²) in [5.74, 6) is -0.806. The third-order valence-electron chi connectivity index (χ3n) is 11.6. The van der Waals surface area contributed by atoms with E-state index in [4.69, 9.17) is 18.5 Å². The van der Waals surface area contributed by atoms with Gasteiger partial charge in [-0.3, -0.25) is 18.6 Å². The van der Waals surface area contributed by atoms with E-state index in [0.29, 0.717) is 17.4 Å². The van der Waals surface area contributed by atoms with Crippen LogP contribution in [0.3, 0.4) is 0 Å². The van der Waals surface area contributed by atoms with Crippen molar-refractivity contribution in [3.8, 4) is 0 Å². The number of esters is 2. The number of phosphoric acid groups is 1. The summed E-state index contributed by atoms with van der Waals surface area (Å²) in [5.41, 5.74) is 0. The highest BCUT2D eigenvalue weighted by atomic mass is 31.2. The Morgan fingerprint density at radius 2 is 0.831 bits per heavy atom. The number of carbonyl (C=O) groups is 2. The van der Waals surface area contributed by atoms with Gasteiger partial charge in [-0.25, -0.2) is 4.57 Å². The molecule has 0 saturated heterocycles. The van der Waals surface area contributed by atoms with E-state index in [0.717, 1.165) is 57.8 Å². The molecule has 0 aromatic rings. The van der Waals surface area contributed by atoms with Crippen LogP contribution in [0.1, 0.15) is 239 Å². The van der Waals surface area contributed by atoms with Gasteiger partial charge in [0.2, 0.25) is 0 Å². The molecule has 0 radical (unpaired) electrons. The number of hydrogen-bond donors (Lipinski definition) is 1. The Bertz CT molecular complexity index is 1240. The molecule has 1 N–H and O–H groups in total. The molecule has 0 aromatic heterocycles. The average molecular weight is 937 g/mol. The summed E-state index contributed by atoms with van der Waals surface area (Å²) in [4.78, 5) is 35.6. The molecule has 0 spiro atoms. The van der Waals surface area contributed by atoms with Crippen LogP contribution in [0.15, 0.2) is 48.6 Å². The van der Waals surface area contributed by atoms with E-state index in [-0.39, 0.29) is 32.0 Å². The van der Waals surface area contributed by atoms with Crippen LogP contribution in [0.5, 0.6) is 0 Å². The van der Waals surface area contributed by atoms with Crippen molar-refractivity contribution in [3.63, 3.8) is 0 Å². The second-order valence-electron chi connectivity index (χ2n) is 19.3. The Hall–Kier alpha value is -2.03. The number of phosphoric ester groups is 1. The van der Waals surface area contributed by atoms with Crippen LogP contribution in [-0.2, 0) is 32.7 Å². The first-order valence-corrected chi connectivity index (χ1v) is 28.4. The molecular weight excluding hydrogens is 834 g/mol. The van der Waals surface area contributed by atoms with Gasteiger partial charge in [0.05, 0.1) is 27.7 Å². The Kier molecular flexibility index (Phi) is 45.6. The van der Waals surface area contributed by atoms with Gasteiger partial charge in [-0.05, 0) is 77.0 Å².